The Bertz CT molecular complexity index is 288. The highest BCUT2D eigenvalue weighted by Gasteiger charge is 2.28. The molecule has 1 aliphatic heterocycles. The van der Waals surface area contributed by atoms with Crippen molar-refractivity contribution in [3.05, 3.63) is 0 Å². The molecule has 0 aliphatic carbocycles. The van der Waals surface area contributed by atoms with Crippen LogP contribution < -0.4 is 5.43 Å². The fraction of sp³-hybridized carbons (Fsp3) is 0.667. The third-order valence-corrected chi connectivity index (χ3v) is 2.24. The number of hydrogen-bond donors (Lipinski definition) is 1. The molecule has 6 heteroatoms. The topological polar surface area (TPSA) is 77.0 Å². The van der Waals surface area contributed by atoms with Crippen LogP contribution in [-0.4, -0.2) is 38.4 Å². The normalized spacial score (nSPS) is 19.1. The average Bonchev–Trinajstić information content (AvgIpc) is 2.72. The number of esters is 2. The largest absolute Gasteiger partial charge is 0.469 e. The first-order valence-corrected chi connectivity index (χ1v) is 4.64. The lowest BCUT2D eigenvalue weighted by atomic mass is 9.98. The molecule has 1 rings (SSSR count). The molecular weight excluding hydrogens is 200 g/mol. The van der Waals surface area contributed by atoms with Crippen molar-refractivity contribution >= 4 is 17.7 Å². The highest BCUT2D eigenvalue weighted by molar-refractivity contribution is 6.37. The van der Waals surface area contributed by atoms with Gasteiger partial charge in [0.05, 0.1) is 14.2 Å². The summed E-state index contributed by atoms with van der Waals surface area (Å²) in [5, 5.41) is 3.83. The zero-order valence-electron chi connectivity index (χ0n) is 8.78. The number of methoxy groups -OCH3 is 2. The zero-order chi connectivity index (χ0) is 11.3. The first-order valence-electron chi connectivity index (χ1n) is 4.64. The molecule has 15 heavy (non-hydrogen) atoms. The van der Waals surface area contributed by atoms with Crippen molar-refractivity contribution in [3.63, 3.8) is 0 Å². The lowest BCUT2D eigenvalue weighted by Gasteiger charge is -2.08. The Hall–Kier alpha value is -1.59. The van der Waals surface area contributed by atoms with Gasteiger partial charge in [-0.3, -0.25) is 4.79 Å². The number of hydrazone groups is 1. The van der Waals surface area contributed by atoms with Gasteiger partial charge in [-0.2, -0.15) is 5.10 Å². The van der Waals surface area contributed by atoms with E-state index in [4.69, 9.17) is 0 Å². The molecule has 0 saturated carbocycles. The fourth-order valence-electron chi connectivity index (χ4n) is 1.38. The summed E-state index contributed by atoms with van der Waals surface area (Å²) >= 11 is 0. The van der Waals surface area contributed by atoms with Crippen LogP contribution in [-0.2, 0) is 19.1 Å². The Morgan fingerprint density at radius 2 is 2.20 bits per heavy atom. The van der Waals surface area contributed by atoms with E-state index in [9.17, 15) is 9.59 Å². The number of hydrogen-bond acceptors (Lipinski definition) is 6. The van der Waals surface area contributed by atoms with Crippen molar-refractivity contribution < 1.29 is 19.1 Å². The number of nitrogens with one attached hydrogen (secondary N) is 1. The molecule has 0 bridgehead atoms. The summed E-state index contributed by atoms with van der Waals surface area (Å²) in [4.78, 5) is 22.1. The van der Waals surface area contributed by atoms with Gasteiger partial charge in [0, 0.05) is 18.9 Å². The van der Waals surface area contributed by atoms with Gasteiger partial charge in [-0.05, 0) is 6.42 Å². The number of ether oxygens (including phenoxy) is 2. The molecule has 0 radical (unpaired) electrons. The van der Waals surface area contributed by atoms with Crippen LogP contribution in [0.1, 0.15) is 12.8 Å². The Kier molecular flexibility index (Phi) is 4.08. The number of rotatable bonds is 4. The fourth-order valence-corrected chi connectivity index (χ4v) is 1.38. The molecule has 1 aliphatic rings. The van der Waals surface area contributed by atoms with E-state index in [-0.39, 0.29) is 18.3 Å². The number of carbonyl (C=O) groups is 2. The van der Waals surface area contributed by atoms with Crippen molar-refractivity contribution in [1.82, 2.24) is 5.43 Å². The minimum atomic E-state index is -0.449. The lowest BCUT2D eigenvalue weighted by molar-refractivity contribution is -0.141. The summed E-state index contributed by atoms with van der Waals surface area (Å²) in [5.74, 6) is -0.808. The first kappa shape index (κ1) is 11.5. The SMILES string of the molecule is COC(=O)CCC1CNN=C1C(=O)OC. The maximum absolute atomic E-state index is 11.2. The molecule has 1 heterocycles. The predicted octanol–water partition coefficient (Wildman–Crippen LogP) is -0.312. The molecule has 0 saturated heterocycles. The minimum absolute atomic E-state index is 0.0726. The van der Waals surface area contributed by atoms with Crippen LogP contribution >= 0.6 is 0 Å². The molecule has 1 atom stereocenters. The van der Waals surface area contributed by atoms with Crippen LogP contribution in [0, 0.1) is 5.92 Å². The van der Waals surface area contributed by atoms with Crippen molar-refractivity contribution in [2.45, 2.75) is 12.8 Å². The zero-order valence-corrected chi connectivity index (χ0v) is 8.78. The second-order valence-electron chi connectivity index (χ2n) is 3.16. The molecule has 6 nitrogen and oxygen atoms in total. The Balaban J connectivity index is 2.46. The summed E-state index contributed by atoms with van der Waals surface area (Å²) in [6, 6.07) is 0. The van der Waals surface area contributed by atoms with E-state index < -0.39 is 5.97 Å². The van der Waals surface area contributed by atoms with Gasteiger partial charge in [-0.15, -0.1) is 0 Å². The predicted molar refractivity (Wildman–Crippen MR) is 52.2 cm³/mol. The molecule has 0 aromatic carbocycles. The third kappa shape index (κ3) is 2.93. The summed E-state index contributed by atoms with van der Waals surface area (Å²) in [6.45, 7) is 0.557. The van der Waals surface area contributed by atoms with Gasteiger partial charge in [0.1, 0.15) is 5.71 Å². The first-order chi connectivity index (χ1) is 7.19. The van der Waals surface area contributed by atoms with E-state index in [0.29, 0.717) is 18.7 Å². The van der Waals surface area contributed by atoms with Crippen molar-refractivity contribution in [2.24, 2.45) is 11.0 Å². The van der Waals surface area contributed by atoms with Gasteiger partial charge in [0.15, 0.2) is 0 Å². The highest BCUT2D eigenvalue weighted by atomic mass is 16.5. The van der Waals surface area contributed by atoms with Crippen molar-refractivity contribution in [2.75, 3.05) is 20.8 Å². The van der Waals surface area contributed by atoms with Crippen molar-refractivity contribution in [3.8, 4) is 0 Å². The van der Waals surface area contributed by atoms with E-state index in [2.05, 4.69) is 20.0 Å². The Labute approximate surface area is 87.6 Å². The molecule has 0 aromatic heterocycles. The van der Waals surface area contributed by atoms with Gasteiger partial charge < -0.3 is 14.9 Å². The van der Waals surface area contributed by atoms with Gasteiger partial charge in [0.25, 0.3) is 0 Å². The second-order valence-corrected chi connectivity index (χ2v) is 3.16. The van der Waals surface area contributed by atoms with Crippen LogP contribution in [0.4, 0.5) is 0 Å². The monoisotopic (exact) mass is 214 g/mol. The second kappa shape index (κ2) is 5.33. The Morgan fingerprint density at radius 3 is 2.80 bits per heavy atom. The van der Waals surface area contributed by atoms with E-state index in [1.165, 1.54) is 14.2 Å². The molecular formula is C9H14N2O4. The van der Waals surface area contributed by atoms with Crippen LogP contribution in [0.5, 0.6) is 0 Å². The minimum Gasteiger partial charge on any atom is -0.469 e. The molecule has 0 aromatic rings. The van der Waals surface area contributed by atoms with E-state index >= 15 is 0 Å². The molecule has 84 valence electrons. The van der Waals surface area contributed by atoms with Crippen molar-refractivity contribution in [1.29, 1.82) is 0 Å². The molecule has 0 amide bonds. The quantitative estimate of drug-likeness (QED) is 0.649. The van der Waals surface area contributed by atoms with Gasteiger partial charge in [-0.25, -0.2) is 4.79 Å². The van der Waals surface area contributed by atoms with Gasteiger partial charge in [0.2, 0.25) is 0 Å². The van der Waals surface area contributed by atoms with Crippen LogP contribution in [0.2, 0.25) is 0 Å². The summed E-state index contributed by atoms with van der Waals surface area (Å²) < 4.78 is 9.09. The van der Waals surface area contributed by atoms with Gasteiger partial charge >= 0.3 is 11.9 Å². The van der Waals surface area contributed by atoms with E-state index in [1.807, 2.05) is 0 Å². The molecule has 0 spiro atoms. The van der Waals surface area contributed by atoms with Crippen LogP contribution in [0.15, 0.2) is 5.10 Å². The summed E-state index contributed by atoms with van der Waals surface area (Å²) in [6.07, 6.45) is 0.812. The molecule has 1 N–H and O–H groups in total. The maximum atomic E-state index is 11.2. The number of nitrogens with zero attached hydrogens (tertiary/aromatic N) is 1. The summed E-state index contributed by atoms with van der Waals surface area (Å²) in [7, 11) is 2.64. The molecule has 0 fully saturated rings. The summed E-state index contributed by atoms with van der Waals surface area (Å²) in [5.41, 5.74) is 3.06. The maximum Gasteiger partial charge on any atom is 0.354 e. The standard InChI is InChI=1S/C9H14N2O4/c1-14-7(12)4-3-6-5-10-11-8(6)9(13)15-2/h6,10H,3-5H2,1-2H3. The highest BCUT2D eigenvalue weighted by Crippen LogP contribution is 2.13. The van der Waals surface area contributed by atoms with Gasteiger partial charge in [-0.1, -0.05) is 0 Å². The smallest absolute Gasteiger partial charge is 0.354 e. The van der Waals surface area contributed by atoms with E-state index in [1.54, 1.807) is 0 Å². The lowest BCUT2D eigenvalue weighted by Crippen LogP contribution is -2.25. The van der Waals surface area contributed by atoms with E-state index in [0.717, 1.165) is 0 Å². The van der Waals surface area contributed by atoms with Crippen LogP contribution in [0.3, 0.4) is 0 Å². The van der Waals surface area contributed by atoms with Crippen LogP contribution in [0.25, 0.3) is 0 Å². The molecule has 1 unspecified atom stereocenters. The number of carbonyl (C=O) groups excluding carboxylic acids is 2. The third-order valence-electron chi connectivity index (χ3n) is 2.24. The Morgan fingerprint density at radius 1 is 1.47 bits per heavy atom. The average molecular weight is 214 g/mol.